The Morgan fingerprint density at radius 1 is 1.07 bits per heavy atom. The van der Waals surface area contributed by atoms with E-state index in [0.717, 1.165) is 29.7 Å². The van der Waals surface area contributed by atoms with E-state index in [9.17, 15) is 14.7 Å². The number of hydrogen-bond acceptors (Lipinski definition) is 2. The van der Waals surface area contributed by atoms with Crippen molar-refractivity contribution in [3.63, 3.8) is 0 Å². The van der Waals surface area contributed by atoms with Gasteiger partial charge in [-0.2, -0.15) is 0 Å². The fraction of sp³-hybridized carbons (Fsp3) is 0.333. The fourth-order valence-electron chi connectivity index (χ4n) is 3.67. The third-order valence-corrected chi connectivity index (χ3v) is 5.49. The van der Waals surface area contributed by atoms with Crippen LogP contribution in [0.4, 0.5) is 0 Å². The van der Waals surface area contributed by atoms with E-state index in [1.54, 1.807) is 27.3 Å². The van der Waals surface area contributed by atoms with Crippen molar-refractivity contribution in [2.75, 3.05) is 0 Å². The van der Waals surface area contributed by atoms with Crippen molar-refractivity contribution in [2.24, 2.45) is 0 Å². The number of halogens is 1. The van der Waals surface area contributed by atoms with E-state index in [0.29, 0.717) is 17.3 Å². The molecule has 158 valence electrons. The fourth-order valence-corrected chi connectivity index (χ4v) is 4.20. The van der Waals surface area contributed by atoms with Crippen molar-refractivity contribution in [2.45, 2.75) is 52.6 Å². The molecular weight excluding hydrogens is 400 g/mol. The van der Waals surface area contributed by atoms with Crippen molar-refractivity contribution >= 4 is 17.6 Å². The number of rotatable bonds is 6. The molecular formula is C24H27ClN2O3. The predicted octanol–water partition coefficient (Wildman–Crippen LogP) is 5.42. The first-order valence-corrected chi connectivity index (χ1v) is 10.4. The number of hydrogen-bond donors (Lipinski definition) is 1. The number of carboxylic acid groups (broad SMARTS) is 1. The van der Waals surface area contributed by atoms with Crippen LogP contribution in [-0.2, 0) is 18.5 Å². The van der Waals surface area contributed by atoms with Gasteiger partial charge in [0.1, 0.15) is 5.15 Å². The number of aromatic nitrogens is 2. The topological polar surface area (TPSA) is 64.2 Å². The van der Waals surface area contributed by atoms with Gasteiger partial charge >= 0.3 is 11.7 Å². The van der Waals surface area contributed by atoms with Gasteiger partial charge in [-0.3, -0.25) is 9.13 Å². The molecule has 1 N–H and O–H groups in total. The summed E-state index contributed by atoms with van der Waals surface area (Å²) in [6.45, 7) is 8.38. The number of imidazole rings is 1. The number of benzene rings is 2. The molecule has 2 aromatic carbocycles. The Kier molecular flexibility index (Phi) is 6.22. The molecule has 0 fully saturated rings. The molecule has 5 nitrogen and oxygen atoms in total. The van der Waals surface area contributed by atoms with E-state index in [1.807, 2.05) is 51.1 Å². The van der Waals surface area contributed by atoms with E-state index >= 15 is 0 Å². The van der Waals surface area contributed by atoms with Crippen molar-refractivity contribution in [3.05, 3.63) is 81.0 Å². The first-order valence-electron chi connectivity index (χ1n) is 10.1. The van der Waals surface area contributed by atoms with Crippen LogP contribution >= 0.6 is 11.6 Å². The van der Waals surface area contributed by atoms with Crippen LogP contribution < -0.4 is 5.69 Å². The van der Waals surface area contributed by atoms with Crippen molar-refractivity contribution in [3.8, 4) is 11.1 Å². The van der Waals surface area contributed by atoms with Gasteiger partial charge in [0.05, 0.1) is 17.8 Å². The highest BCUT2D eigenvalue weighted by Crippen LogP contribution is 2.26. The second kappa shape index (κ2) is 8.52. The third kappa shape index (κ3) is 4.21. The van der Waals surface area contributed by atoms with Crippen LogP contribution in [0.2, 0.25) is 5.15 Å². The van der Waals surface area contributed by atoms with E-state index in [1.165, 1.54) is 0 Å². The zero-order valence-corrected chi connectivity index (χ0v) is 18.5. The van der Waals surface area contributed by atoms with Gasteiger partial charge in [0.2, 0.25) is 0 Å². The maximum atomic E-state index is 13.1. The third-order valence-electron chi connectivity index (χ3n) is 5.10. The lowest BCUT2D eigenvalue weighted by Crippen LogP contribution is -2.35. The monoisotopic (exact) mass is 426 g/mol. The molecule has 0 spiro atoms. The maximum Gasteiger partial charge on any atom is 0.336 e. The number of carboxylic acids is 1. The van der Waals surface area contributed by atoms with Crippen LogP contribution in [0.25, 0.3) is 11.1 Å². The summed E-state index contributed by atoms with van der Waals surface area (Å²) in [5, 5.41) is 9.93. The van der Waals surface area contributed by atoms with Gasteiger partial charge in [-0.1, -0.05) is 67.4 Å². The Morgan fingerprint density at radius 3 is 2.27 bits per heavy atom. The van der Waals surface area contributed by atoms with Crippen LogP contribution in [0.5, 0.6) is 0 Å². The quantitative estimate of drug-likeness (QED) is 0.572. The predicted molar refractivity (Wildman–Crippen MR) is 121 cm³/mol. The van der Waals surface area contributed by atoms with Crippen molar-refractivity contribution in [1.82, 2.24) is 9.13 Å². The molecule has 0 atom stereocenters. The van der Waals surface area contributed by atoms with Crippen molar-refractivity contribution in [1.29, 1.82) is 0 Å². The van der Waals surface area contributed by atoms with Gasteiger partial charge in [-0.15, -0.1) is 0 Å². The summed E-state index contributed by atoms with van der Waals surface area (Å²) < 4.78 is 3.40. The van der Waals surface area contributed by atoms with Gasteiger partial charge in [-0.05, 0) is 49.9 Å². The molecule has 0 unspecified atom stereocenters. The molecule has 3 rings (SSSR count). The zero-order valence-electron chi connectivity index (χ0n) is 17.8. The van der Waals surface area contributed by atoms with E-state index in [2.05, 4.69) is 6.92 Å². The second-order valence-electron chi connectivity index (χ2n) is 8.41. The normalized spacial score (nSPS) is 11.6. The lowest BCUT2D eigenvalue weighted by molar-refractivity contribution is 0.0697. The first-order chi connectivity index (χ1) is 14.1. The molecule has 0 aliphatic heterocycles. The van der Waals surface area contributed by atoms with Crippen LogP contribution in [0.3, 0.4) is 0 Å². The van der Waals surface area contributed by atoms with Gasteiger partial charge in [0.25, 0.3) is 0 Å². The van der Waals surface area contributed by atoms with Gasteiger partial charge in [-0.25, -0.2) is 9.59 Å². The van der Waals surface area contributed by atoms with Gasteiger partial charge in [0.15, 0.2) is 0 Å². The number of carbonyl (C=O) groups is 1. The van der Waals surface area contributed by atoms with Crippen LogP contribution in [0.15, 0.2) is 53.3 Å². The Morgan fingerprint density at radius 2 is 1.70 bits per heavy atom. The first kappa shape index (κ1) is 21.9. The Bertz CT molecular complexity index is 1120. The smallest absolute Gasteiger partial charge is 0.336 e. The lowest BCUT2D eigenvalue weighted by Gasteiger charge is -2.20. The van der Waals surface area contributed by atoms with E-state index in [4.69, 9.17) is 11.6 Å². The summed E-state index contributed by atoms with van der Waals surface area (Å²) >= 11 is 6.60. The number of nitrogens with zero attached hydrogens (tertiary/aromatic N) is 2. The molecule has 1 heterocycles. The highest BCUT2D eigenvalue weighted by Gasteiger charge is 2.25. The summed E-state index contributed by atoms with van der Waals surface area (Å²) in [6, 6.07) is 14.6. The molecule has 0 saturated carbocycles. The minimum Gasteiger partial charge on any atom is -0.478 e. The Balaban J connectivity index is 1.99. The molecule has 0 bridgehead atoms. The maximum absolute atomic E-state index is 13.1. The summed E-state index contributed by atoms with van der Waals surface area (Å²) in [5.74, 6) is -0.955. The SMILES string of the molecule is CCCc1c(Cl)n(C(C)(C)C)c(=O)n1Cc1ccc(-c2ccccc2C(=O)O)cc1. The molecule has 3 aromatic rings. The Hall–Kier alpha value is -2.79. The molecule has 0 aliphatic rings. The van der Waals surface area contributed by atoms with Crippen LogP contribution in [-0.4, -0.2) is 20.2 Å². The summed E-state index contributed by atoms with van der Waals surface area (Å²) in [7, 11) is 0. The molecule has 0 saturated heterocycles. The van der Waals surface area contributed by atoms with Gasteiger partial charge in [0, 0.05) is 5.54 Å². The van der Waals surface area contributed by atoms with E-state index in [-0.39, 0.29) is 11.3 Å². The molecule has 0 amide bonds. The van der Waals surface area contributed by atoms with Crippen LogP contribution in [0.1, 0.15) is 55.7 Å². The standard InChI is InChI=1S/C24H27ClN2O3/c1-5-8-20-21(25)27(24(2,3)4)23(30)26(20)15-16-11-13-17(14-12-16)18-9-6-7-10-19(18)22(28)29/h6-7,9-14H,5,8,15H2,1-4H3,(H,28,29). The lowest BCUT2D eigenvalue weighted by atomic mass is 9.99. The highest BCUT2D eigenvalue weighted by molar-refractivity contribution is 6.30. The van der Waals surface area contributed by atoms with E-state index < -0.39 is 11.5 Å². The minimum atomic E-state index is -0.955. The molecule has 0 aliphatic carbocycles. The molecule has 1 aromatic heterocycles. The zero-order chi connectivity index (χ0) is 22.1. The largest absolute Gasteiger partial charge is 0.478 e. The van der Waals surface area contributed by atoms with Crippen molar-refractivity contribution < 1.29 is 9.90 Å². The average Bonchev–Trinajstić information content (AvgIpc) is 2.92. The molecule has 30 heavy (non-hydrogen) atoms. The summed E-state index contributed by atoms with van der Waals surface area (Å²) in [4.78, 5) is 24.6. The average molecular weight is 427 g/mol. The Labute approximate surface area is 181 Å². The molecule has 0 radical (unpaired) electrons. The summed E-state index contributed by atoms with van der Waals surface area (Å²) in [6.07, 6.45) is 1.61. The van der Waals surface area contributed by atoms with Gasteiger partial charge < -0.3 is 5.11 Å². The number of aromatic carboxylic acids is 1. The summed E-state index contributed by atoms with van der Waals surface area (Å²) in [5.41, 5.74) is 3.03. The minimum absolute atomic E-state index is 0.115. The second-order valence-corrected chi connectivity index (χ2v) is 8.77. The molecule has 6 heteroatoms. The highest BCUT2D eigenvalue weighted by atomic mass is 35.5. The van der Waals surface area contributed by atoms with Crippen LogP contribution in [0, 0.1) is 0 Å².